The summed E-state index contributed by atoms with van der Waals surface area (Å²) in [6.07, 6.45) is -1.73. The molecule has 66 heavy (non-hydrogen) atoms. The van der Waals surface area contributed by atoms with Gasteiger partial charge in [-0.25, -0.2) is 0 Å². The van der Waals surface area contributed by atoms with Crippen LogP contribution >= 0.6 is 0 Å². The largest absolute Gasteiger partial charge is 0.455 e. The van der Waals surface area contributed by atoms with Gasteiger partial charge in [0.1, 0.15) is 11.2 Å². The Balaban J connectivity index is 1.15. The number of nitriles is 1. The van der Waals surface area contributed by atoms with Crippen molar-refractivity contribution in [1.82, 2.24) is 15.0 Å². The van der Waals surface area contributed by atoms with Gasteiger partial charge < -0.3 is 4.42 Å². The molecule has 0 radical (unpaired) electrons. The Bertz CT molecular complexity index is 3420. The minimum Gasteiger partial charge on any atom is -0.455 e. The summed E-state index contributed by atoms with van der Waals surface area (Å²) >= 11 is 0. The molecule has 0 aliphatic rings. The molecule has 0 saturated carbocycles. The fourth-order valence-corrected chi connectivity index (χ4v) is 8.75. The van der Waals surface area contributed by atoms with Gasteiger partial charge in [-0.15, -0.1) is 0 Å². The molecule has 4 heterocycles. The lowest BCUT2D eigenvalue weighted by Crippen LogP contribution is -2.23. The first-order chi connectivity index (χ1) is 34.4. The van der Waals surface area contributed by atoms with Gasteiger partial charge in [-0.3, -0.25) is 15.0 Å². The molecule has 0 amide bonds. The molecule has 5 heteroatoms. The highest BCUT2D eigenvalue weighted by Crippen LogP contribution is 2.38. The summed E-state index contributed by atoms with van der Waals surface area (Å²) in [5.41, 5.74) is 6.72. The van der Waals surface area contributed by atoms with Crippen LogP contribution in [0.4, 0.5) is 0 Å². The van der Waals surface area contributed by atoms with Crippen LogP contribution in [-0.4, -0.2) is 15.0 Å². The molecule has 0 fully saturated rings. The second kappa shape index (κ2) is 18.0. The Kier molecular flexibility index (Phi) is 9.86. The van der Waals surface area contributed by atoms with Gasteiger partial charge in [-0.1, -0.05) is 152 Å². The van der Waals surface area contributed by atoms with E-state index >= 15 is 0 Å². The Morgan fingerprint density at radius 2 is 1.14 bits per heavy atom. The van der Waals surface area contributed by atoms with Crippen molar-refractivity contribution in [3.05, 3.63) is 209 Å². The van der Waals surface area contributed by atoms with Crippen LogP contribution < -0.4 is 0 Å². The molecule has 4 aromatic heterocycles. The monoisotopic (exact) mass is 870 g/mol. The van der Waals surface area contributed by atoms with Gasteiger partial charge >= 0.3 is 0 Å². The predicted octanol–water partition coefficient (Wildman–Crippen LogP) is 15.1. The van der Waals surface area contributed by atoms with Crippen molar-refractivity contribution in [2.24, 2.45) is 5.41 Å². The Morgan fingerprint density at radius 1 is 0.561 bits per heavy atom. The number of pyridine rings is 3. The average molecular weight is 870 g/mol. The van der Waals surface area contributed by atoms with E-state index in [4.69, 9.17) is 20.7 Å². The number of furan rings is 1. The molecule has 0 bridgehead atoms. The van der Waals surface area contributed by atoms with Crippen molar-refractivity contribution < 1.29 is 14.0 Å². The van der Waals surface area contributed by atoms with Crippen LogP contribution in [0.25, 0.3) is 55.7 Å². The van der Waals surface area contributed by atoms with Crippen LogP contribution in [0.3, 0.4) is 0 Å². The molecule has 0 N–H and O–H groups in total. The SMILES string of the molecule is [2H]c1c(C#N)ccc2c1oc1c(-c3cc(C([2H])([2H])C(C)(C)C)c(C([2H])([2H])C([2H])([2H])c4cc(CC(C)(C)c5ccc(-c6ccccc6)nc5)cc(CC(C)(C)c5ccc(-c6ccccc6)nc5)c4)cn3)cccc12. The van der Waals surface area contributed by atoms with Gasteiger partial charge in [-0.05, 0) is 130 Å². The molecule has 0 atom stereocenters. The number of aromatic nitrogens is 3. The van der Waals surface area contributed by atoms with Crippen LogP contribution in [0.5, 0.6) is 0 Å². The summed E-state index contributed by atoms with van der Waals surface area (Å²) in [4.78, 5) is 14.4. The van der Waals surface area contributed by atoms with Crippen LogP contribution in [-0.2, 0) is 42.8 Å². The highest BCUT2D eigenvalue weighted by Gasteiger charge is 2.26. The van der Waals surface area contributed by atoms with E-state index in [1.165, 1.54) is 12.3 Å². The zero-order valence-corrected chi connectivity index (χ0v) is 38.6. The predicted molar refractivity (Wildman–Crippen MR) is 271 cm³/mol. The van der Waals surface area contributed by atoms with Crippen LogP contribution in [0, 0.1) is 16.7 Å². The number of benzene rings is 5. The number of fused-ring (bicyclic) bond motifs is 3. The lowest BCUT2D eigenvalue weighted by Gasteiger charge is -2.28. The van der Waals surface area contributed by atoms with E-state index in [-0.39, 0.29) is 39.6 Å². The van der Waals surface area contributed by atoms with E-state index < -0.39 is 35.4 Å². The number of rotatable bonds is 13. The van der Waals surface area contributed by atoms with E-state index in [0.717, 1.165) is 44.8 Å². The van der Waals surface area contributed by atoms with Crippen molar-refractivity contribution in [2.75, 3.05) is 0 Å². The third-order valence-corrected chi connectivity index (χ3v) is 12.1. The highest BCUT2D eigenvalue weighted by atomic mass is 16.3. The second-order valence-corrected chi connectivity index (χ2v) is 19.5. The van der Waals surface area contributed by atoms with Crippen molar-refractivity contribution in [1.29, 1.82) is 5.26 Å². The first-order valence-corrected chi connectivity index (χ1v) is 22.5. The topological polar surface area (TPSA) is 75.6 Å². The van der Waals surface area contributed by atoms with Crippen LogP contribution in [0.1, 0.15) is 103 Å². The summed E-state index contributed by atoms with van der Waals surface area (Å²) < 4.78 is 74.0. The fourth-order valence-electron chi connectivity index (χ4n) is 8.75. The fraction of sp³-hybridized carbons (Fsp3) is 0.246. The van der Waals surface area contributed by atoms with Crippen molar-refractivity contribution in [3.8, 4) is 39.8 Å². The van der Waals surface area contributed by atoms with E-state index in [1.54, 1.807) is 57.2 Å². The maximum Gasteiger partial charge on any atom is 0.144 e. The zero-order chi connectivity index (χ0) is 52.3. The lowest BCUT2D eigenvalue weighted by atomic mass is 9.77. The van der Waals surface area contributed by atoms with Gasteiger partial charge in [0.2, 0.25) is 0 Å². The number of hydrogen-bond acceptors (Lipinski definition) is 5. The number of aryl methyl sites for hydroxylation is 2. The zero-order valence-electron chi connectivity index (χ0n) is 45.6. The quantitative estimate of drug-likeness (QED) is 0.115. The van der Waals surface area contributed by atoms with Crippen molar-refractivity contribution >= 4 is 21.9 Å². The minimum atomic E-state index is -2.83. The third kappa shape index (κ3) is 9.75. The van der Waals surface area contributed by atoms with E-state index in [2.05, 4.69) is 45.9 Å². The summed E-state index contributed by atoms with van der Waals surface area (Å²) in [5.74, 6) is 0. The third-order valence-electron chi connectivity index (χ3n) is 12.1. The Hall–Kier alpha value is -7.16. The standard InChI is InChI=1S/C61H58N4O/c1-59(2,3)36-48-33-56(53-20-14-19-52-51-26-22-42(37-62)32-57(51)66-58(52)53)63-38-47(48)23-21-41-29-43(34-60(4,5)49-24-27-54(64-39-49)45-15-10-8-11-16-45)31-44(30-41)35-61(6,7)50-25-28-55(65-40-50)46-17-12-9-13-18-46/h8-20,22,24-33,38-40H,21,23,34-36H2,1-7H3/i21D2,23D2,32D,36D2. The maximum absolute atomic E-state index is 9.97. The first kappa shape index (κ1) is 36.1. The van der Waals surface area contributed by atoms with E-state index in [9.17, 15) is 13.5 Å². The molecule has 5 aromatic carbocycles. The molecule has 0 unspecified atom stereocenters. The average Bonchev–Trinajstić information content (AvgIpc) is 3.76. The summed E-state index contributed by atoms with van der Waals surface area (Å²) in [7, 11) is 0. The van der Waals surface area contributed by atoms with Crippen LogP contribution in [0.2, 0.25) is 0 Å². The second-order valence-electron chi connectivity index (χ2n) is 19.5. The molecule has 5 nitrogen and oxygen atoms in total. The smallest absolute Gasteiger partial charge is 0.144 e. The van der Waals surface area contributed by atoms with Gasteiger partial charge in [0.05, 0.1) is 30.1 Å². The van der Waals surface area contributed by atoms with Gasteiger partial charge in [-0.2, -0.15) is 5.26 Å². The number of hydrogen-bond donors (Lipinski definition) is 0. The minimum absolute atomic E-state index is 0.0449. The normalized spacial score (nSPS) is 14.4. The summed E-state index contributed by atoms with van der Waals surface area (Å²) in [5, 5.41) is 10.9. The van der Waals surface area contributed by atoms with Crippen molar-refractivity contribution in [2.45, 2.75) is 91.3 Å². The number of para-hydroxylation sites is 1. The van der Waals surface area contributed by atoms with Crippen molar-refractivity contribution in [3.63, 3.8) is 0 Å². The molecule has 0 saturated heterocycles. The van der Waals surface area contributed by atoms with Crippen LogP contribution in [0.15, 0.2) is 169 Å². The van der Waals surface area contributed by atoms with Gasteiger partial charge in [0, 0.05) is 54.3 Å². The first-order valence-electron chi connectivity index (χ1n) is 26.0. The van der Waals surface area contributed by atoms with E-state index in [0.29, 0.717) is 34.8 Å². The molecule has 0 spiro atoms. The maximum atomic E-state index is 9.97. The molecule has 0 aliphatic carbocycles. The molecule has 9 rings (SSSR count). The molecular formula is C61H58N4O. The summed E-state index contributed by atoms with van der Waals surface area (Å²) in [6, 6.07) is 46.1. The molecule has 328 valence electrons. The van der Waals surface area contributed by atoms with E-state index in [1.807, 2.05) is 97.3 Å². The molecular weight excluding hydrogens is 805 g/mol. The Labute approximate surface area is 400 Å². The van der Waals surface area contributed by atoms with Gasteiger partial charge in [0.15, 0.2) is 0 Å². The molecule has 0 aliphatic heterocycles. The summed E-state index contributed by atoms with van der Waals surface area (Å²) in [6.45, 7) is 13.7. The van der Waals surface area contributed by atoms with Gasteiger partial charge in [0.25, 0.3) is 0 Å². The molecule has 9 aromatic rings. The highest BCUT2D eigenvalue weighted by molar-refractivity contribution is 6.09. The lowest BCUT2D eigenvalue weighted by molar-refractivity contribution is 0.409. The number of nitrogens with zero attached hydrogens (tertiary/aromatic N) is 4. The Morgan fingerprint density at radius 3 is 1.68 bits per heavy atom.